The summed E-state index contributed by atoms with van der Waals surface area (Å²) in [5.41, 5.74) is 0.702. The van der Waals surface area contributed by atoms with E-state index < -0.39 is 15.9 Å². The van der Waals surface area contributed by atoms with Gasteiger partial charge in [0.15, 0.2) is 9.84 Å². The molecule has 8 nitrogen and oxygen atoms in total. The van der Waals surface area contributed by atoms with Crippen LogP contribution >= 0.6 is 0 Å². The van der Waals surface area contributed by atoms with Gasteiger partial charge in [-0.3, -0.25) is 14.6 Å². The highest BCUT2D eigenvalue weighted by Gasteiger charge is 2.33. The van der Waals surface area contributed by atoms with Crippen LogP contribution in [0.4, 0.5) is 5.69 Å². The maximum Gasteiger partial charge on any atom is 0.221 e. The third kappa shape index (κ3) is 6.16. The Kier molecular flexibility index (Phi) is 6.92. The van der Waals surface area contributed by atoms with Crippen LogP contribution in [0, 0.1) is 0 Å². The number of aliphatic hydroxyl groups is 1. The van der Waals surface area contributed by atoms with E-state index in [4.69, 9.17) is 4.74 Å². The Morgan fingerprint density at radius 2 is 1.93 bits per heavy atom. The largest absolute Gasteiger partial charge is 0.491 e. The summed E-state index contributed by atoms with van der Waals surface area (Å²) >= 11 is 0. The second kappa shape index (κ2) is 9.21. The van der Waals surface area contributed by atoms with E-state index in [9.17, 15) is 18.3 Å². The van der Waals surface area contributed by atoms with Gasteiger partial charge >= 0.3 is 0 Å². The third-order valence-corrected chi connectivity index (χ3v) is 6.97. The molecule has 0 unspecified atom stereocenters. The molecule has 28 heavy (non-hydrogen) atoms. The summed E-state index contributed by atoms with van der Waals surface area (Å²) < 4.78 is 28.9. The number of carbonyl (C=O) groups is 1. The molecule has 1 amide bonds. The Hall–Kier alpha value is -1.68. The third-order valence-electron chi connectivity index (χ3n) is 5.22. The number of hydrogen-bond donors (Lipinski definition) is 2. The molecule has 1 aromatic carbocycles. The summed E-state index contributed by atoms with van der Waals surface area (Å²) in [4.78, 5) is 15.5. The van der Waals surface area contributed by atoms with Crippen LogP contribution in [0.25, 0.3) is 0 Å². The lowest BCUT2D eigenvalue weighted by molar-refractivity contribution is -0.114. The number of anilines is 1. The first kappa shape index (κ1) is 21.0. The molecule has 9 heteroatoms. The minimum Gasteiger partial charge on any atom is -0.491 e. The van der Waals surface area contributed by atoms with Gasteiger partial charge in [0.1, 0.15) is 18.5 Å². The first-order valence-electron chi connectivity index (χ1n) is 9.66. The zero-order chi connectivity index (χ0) is 20.1. The average Bonchev–Trinajstić information content (AvgIpc) is 3.01. The number of piperazine rings is 1. The number of aliphatic hydroxyl groups excluding tert-OH is 1. The molecule has 2 saturated heterocycles. The number of amides is 1. The van der Waals surface area contributed by atoms with Crippen molar-refractivity contribution >= 4 is 21.4 Å². The van der Waals surface area contributed by atoms with Crippen LogP contribution in [0.5, 0.6) is 5.75 Å². The lowest BCUT2D eigenvalue weighted by Crippen LogP contribution is -2.52. The zero-order valence-electron chi connectivity index (χ0n) is 16.2. The fraction of sp³-hybridized carbons (Fsp3) is 0.632. The van der Waals surface area contributed by atoms with Crippen LogP contribution in [-0.2, 0) is 14.6 Å². The molecule has 2 atom stereocenters. The van der Waals surface area contributed by atoms with E-state index in [0.717, 1.165) is 32.6 Å². The van der Waals surface area contributed by atoms with Crippen LogP contribution in [0.15, 0.2) is 24.3 Å². The Balaban J connectivity index is 1.36. The van der Waals surface area contributed by atoms with E-state index in [2.05, 4.69) is 15.1 Å². The molecule has 156 valence electrons. The van der Waals surface area contributed by atoms with Crippen molar-refractivity contribution in [3.8, 4) is 5.75 Å². The van der Waals surface area contributed by atoms with Gasteiger partial charge in [0.2, 0.25) is 5.91 Å². The lowest BCUT2D eigenvalue weighted by Gasteiger charge is -2.38. The smallest absolute Gasteiger partial charge is 0.221 e. The standard InChI is InChI=1S/C19H29N3O5S/c1-15(23)20-16-2-4-19(5-3-16)27-13-18(24)12-21-7-9-22(10-8-21)17-6-11-28(25,26)14-17/h2-5,17-18,24H,6-14H2,1H3,(H,20,23)/t17-,18-/m0/s1. The fourth-order valence-corrected chi connectivity index (χ4v) is 5.52. The molecule has 2 aliphatic rings. The molecule has 0 spiro atoms. The number of rotatable bonds is 7. The Morgan fingerprint density at radius 3 is 2.50 bits per heavy atom. The minimum absolute atomic E-state index is 0.126. The molecule has 2 heterocycles. The molecule has 2 fully saturated rings. The SMILES string of the molecule is CC(=O)Nc1ccc(OC[C@@H](O)CN2CCN([C@H]3CCS(=O)(=O)C3)CC2)cc1. The Bertz CT molecular complexity index is 760. The van der Waals surface area contributed by atoms with E-state index in [0.29, 0.717) is 23.7 Å². The highest BCUT2D eigenvalue weighted by atomic mass is 32.2. The van der Waals surface area contributed by atoms with Crippen LogP contribution in [-0.4, -0.2) is 92.2 Å². The van der Waals surface area contributed by atoms with E-state index in [1.54, 1.807) is 24.3 Å². The summed E-state index contributed by atoms with van der Waals surface area (Å²) in [6, 6.07) is 7.18. The van der Waals surface area contributed by atoms with Gasteiger partial charge in [0, 0.05) is 51.4 Å². The van der Waals surface area contributed by atoms with Crippen LogP contribution in [0.2, 0.25) is 0 Å². The quantitative estimate of drug-likeness (QED) is 0.661. The van der Waals surface area contributed by atoms with Crippen molar-refractivity contribution < 1.29 is 23.1 Å². The van der Waals surface area contributed by atoms with Crippen molar-refractivity contribution in [2.75, 3.05) is 56.2 Å². The zero-order valence-corrected chi connectivity index (χ0v) is 17.0. The van der Waals surface area contributed by atoms with Gasteiger partial charge in [-0.1, -0.05) is 0 Å². The highest BCUT2D eigenvalue weighted by molar-refractivity contribution is 7.91. The van der Waals surface area contributed by atoms with E-state index in [1.165, 1.54) is 6.92 Å². The number of nitrogens with zero attached hydrogens (tertiary/aromatic N) is 2. The van der Waals surface area contributed by atoms with Gasteiger partial charge in [0.25, 0.3) is 0 Å². The maximum absolute atomic E-state index is 11.6. The number of hydrogen-bond acceptors (Lipinski definition) is 7. The van der Waals surface area contributed by atoms with E-state index in [1.807, 2.05) is 0 Å². The molecular weight excluding hydrogens is 382 g/mol. The molecule has 0 aromatic heterocycles. The van der Waals surface area contributed by atoms with E-state index >= 15 is 0 Å². The number of ether oxygens (including phenoxy) is 1. The van der Waals surface area contributed by atoms with Gasteiger partial charge in [-0.25, -0.2) is 8.42 Å². The average molecular weight is 412 g/mol. The van der Waals surface area contributed by atoms with Crippen molar-refractivity contribution in [3.05, 3.63) is 24.3 Å². The molecule has 0 saturated carbocycles. The number of benzene rings is 1. The first-order chi connectivity index (χ1) is 13.3. The van der Waals surface area contributed by atoms with Gasteiger partial charge in [-0.05, 0) is 30.7 Å². The molecule has 3 rings (SSSR count). The highest BCUT2D eigenvalue weighted by Crippen LogP contribution is 2.19. The molecule has 2 aliphatic heterocycles. The summed E-state index contributed by atoms with van der Waals surface area (Å²) in [5.74, 6) is 1.10. The Morgan fingerprint density at radius 1 is 1.25 bits per heavy atom. The van der Waals surface area contributed by atoms with Gasteiger partial charge in [-0.2, -0.15) is 0 Å². The van der Waals surface area contributed by atoms with Crippen LogP contribution in [0.1, 0.15) is 13.3 Å². The molecular formula is C19H29N3O5S. The molecule has 2 N–H and O–H groups in total. The summed E-state index contributed by atoms with van der Waals surface area (Å²) in [6.07, 6.45) is 0.132. The lowest BCUT2D eigenvalue weighted by atomic mass is 10.2. The summed E-state index contributed by atoms with van der Waals surface area (Å²) in [6.45, 7) is 5.48. The predicted octanol–water partition coefficient (Wildman–Crippen LogP) is 0.189. The topological polar surface area (TPSA) is 99.2 Å². The fourth-order valence-electron chi connectivity index (χ4n) is 3.76. The van der Waals surface area contributed by atoms with Crippen molar-refractivity contribution in [2.24, 2.45) is 0 Å². The van der Waals surface area contributed by atoms with Crippen molar-refractivity contribution in [1.29, 1.82) is 0 Å². The predicted molar refractivity (Wildman–Crippen MR) is 107 cm³/mol. The first-order valence-corrected chi connectivity index (χ1v) is 11.5. The second-order valence-electron chi connectivity index (χ2n) is 7.56. The molecule has 0 radical (unpaired) electrons. The number of sulfone groups is 1. The van der Waals surface area contributed by atoms with Gasteiger partial charge in [-0.15, -0.1) is 0 Å². The second-order valence-corrected chi connectivity index (χ2v) is 9.79. The number of nitrogens with one attached hydrogen (secondary N) is 1. The number of carbonyl (C=O) groups excluding carboxylic acids is 1. The monoisotopic (exact) mass is 411 g/mol. The molecule has 0 bridgehead atoms. The van der Waals surface area contributed by atoms with Crippen molar-refractivity contribution in [2.45, 2.75) is 25.5 Å². The normalized spacial score (nSPS) is 24.0. The summed E-state index contributed by atoms with van der Waals surface area (Å²) in [7, 11) is -2.85. The minimum atomic E-state index is -2.85. The van der Waals surface area contributed by atoms with Gasteiger partial charge in [0.05, 0.1) is 11.5 Å². The van der Waals surface area contributed by atoms with Crippen molar-refractivity contribution in [1.82, 2.24) is 9.80 Å². The summed E-state index contributed by atoms with van der Waals surface area (Å²) in [5, 5.41) is 13.0. The Labute approximate surface area is 166 Å². The van der Waals surface area contributed by atoms with Crippen molar-refractivity contribution in [3.63, 3.8) is 0 Å². The maximum atomic E-state index is 11.6. The van der Waals surface area contributed by atoms with Crippen LogP contribution in [0.3, 0.4) is 0 Å². The van der Waals surface area contributed by atoms with Crippen LogP contribution < -0.4 is 10.1 Å². The molecule has 1 aromatic rings. The van der Waals surface area contributed by atoms with E-state index in [-0.39, 0.29) is 24.3 Å². The van der Waals surface area contributed by atoms with Gasteiger partial charge < -0.3 is 15.2 Å². The molecule has 0 aliphatic carbocycles. The number of β-amino-alcohol motifs (C(OH)–C–C–N with tert-alkyl or cyclic N) is 1.